The molecule has 0 atom stereocenters. The van der Waals surface area contributed by atoms with E-state index < -0.39 is 28.9 Å². The highest BCUT2D eigenvalue weighted by Crippen LogP contribution is 2.33. The topological polar surface area (TPSA) is 33.2 Å². The molecule has 29 heavy (non-hydrogen) atoms. The first-order valence-electron chi connectivity index (χ1n) is 9.25. The Morgan fingerprint density at radius 1 is 1.14 bits per heavy atom. The summed E-state index contributed by atoms with van der Waals surface area (Å²) in [7, 11) is 2.09. The molecule has 0 bridgehead atoms. The van der Waals surface area contributed by atoms with E-state index in [1.54, 1.807) is 12.1 Å². The van der Waals surface area contributed by atoms with Gasteiger partial charge in [-0.2, -0.15) is 13.2 Å². The lowest BCUT2D eigenvalue weighted by Crippen LogP contribution is -2.31. The number of likely N-dealkylation sites (tertiary alicyclic amines) is 1. The predicted molar refractivity (Wildman–Crippen MR) is 105 cm³/mol. The summed E-state index contributed by atoms with van der Waals surface area (Å²) in [5.74, 6) is -1.23. The second kappa shape index (κ2) is 9.67. The Hall–Kier alpha value is -1.99. The number of ketones is 1. The first-order valence-corrected chi connectivity index (χ1v) is 9.25. The number of carbonyl (C=O) groups excluding carboxylic acids is 1. The number of Topliss-reactive ketones (excluding diaryl/α,β-unsaturated/α-hetero) is 1. The van der Waals surface area contributed by atoms with Gasteiger partial charge < -0.3 is 4.90 Å². The van der Waals surface area contributed by atoms with E-state index in [-0.39, 0.29) is 18.8 Å². The Kier molecular flexibility index (Phi) is 7.77. The van der Waals surface area contributed by atoms with Crippen LogP contribution in [0, 0.1) is 11.7 Å². The van der Waals surface area contributed by atoms with Gasteiger partial charge in [0.15, 0.2) is 5.78 Å². The van der Waals surface area contributed by atoms with Crippen molar-refractivity contribution in [2.45, 2.75) is 31.9 Å². The maximum Gasteiger partial charge on any atom is 0.417 e. The van der Waals surface area contributed by atoms with Gasteiger partial charge in [-0.3, -0.25) is 9.78 Å². The molecule has 0 spiro atoms. The first-order chi connectivity index (χ1) is 13.2. The average molecular weight is 431 g/mol. The molecule has 2 aromatic rings. The van der Waals surface area contributed by atoms with E-state index in [0.29, 0.717) is 17.7 Å². The molecule has 0 amide bonds. The summed E-state index contributed by atoms with van der Waals surface area (Å²) < 4.78 is 52.7. The van der Waals surface area contributed by atoms with Crippen LogP contribution in [-0.4, -0.2) is 35.8 Å². The molecule has 3 nitrogen and oxygen atoms in total. The van der Waals surface area contributed by atoms with Gasteiger partial charge in [-0.25, -0.2) is 4.39 Å². The quantitative estimate of drug-likeness (QED) is 0.496. The minimum absolute atomic E-state index is 0. The monoisotopic (exact) mass is 430 g/mol. The van der Waals surface area contributed by atoms with Gasteiger partial charge in [0, 0.05) is 17.0 Å². The summed E-state index contributed by atoms with van der Waals surface area (Å²) >= 11 is 0. The van der Waals surface area contributed by atoms with Crippen LogP contribution in [0.4, 0.5) is 17.6 Å². The van der Waals surface area contributed by atoms with Crippen LogP contribution < -0.4 is 0 Å². The summed E-state index contributed by atoms with van der Waals surface area (Å²) in [5.41, 5.74) is -0.515. The third kappa shape index (κ3) is 6.24. The molecular formula is C21H23ClF4N2O. The van der Waals surface area contributed by atoms with Gasteiger partial charge in [0.1, 0.15) is 5.82 Å². The minimum Gasteiger partial charge on any atom is -0.306 e. The van der Waals surface area contributed by atoms with Crippen LogP contribution in [-0.2, 0) is 19.0 Å². The zero-order valence-electron chi connectivity index (χ0n) is 16.0. The van der Waals surface area contributed by atoms with Gasteiger partial charge in [0.25, 0.3) is 0 Å². The van der Waals surface area contributed by atoms with Gasteiger partial charge >= 0.3 is 6.18 Å². The Balaban J connectivity index is 0.00000300. The zero-order chi connectivity index (χ0) is 20.3. The van der Waals surface area contributed by atoms with Gasteiger partial charge in [0.2, 0.25) is 0 Å². The minimum atomic E-state index is -4.80. The summed E-state index contributed by atoms with van der Waals surface area (Å²) in [6.07, 6.45) is -2.11. The summed E-state index contributed by atoms with van der Waals surface area (Å²) in [6.45, 7) is 2.07. The van der Waals surface area contributed by atoms with Crippen molar-refractivity contribution in [3.8, 4) is 0 Å². The van der Waals surface area contributed by atoms with Crippen molar-refractivity contribution in [3.63, 3.8) is 0 Å². The van der Waals surface area contributed by atoms with Crippen LogP contribution in [0.3, 0.4) is 0 Å². The highest BCUT2D eigenvalue weighted by molar-refractivity contribution is 5.98. The van der Waals surface area contributed by atoms with E-state index in [1.807, 2.05) is 6.07 Å². The highest BCUT2D eigenvalue weighted by Gasteiger charge is 2.35. The molecule has 8 heteroatoms. The molecule has 1 aliphatic rings. The number of carbonyl (C=O) groups is 1. The van der Waals surface area contributed by atoms with Crippen molar-refractivity contribution in [3.05, 3.63) is 64.7 Å². The van der Waals surface area contributed by atoms with Gasteiger partial charge in [-0.05, 0) is 75.6 Å². The first kappa shape index (κ1) is 23.3. The van der Waals surface area contributed by atoms with Crippen LogP contribution >= 0.6 is 12.4 Å². The average Bonchev–Trinajstić information content (AvgIpc) is 2.63. The van der Waals surface area contributed by atoms with Crippen molar-refractivity contribution < 1.29 is 22.4 Å². The predicted octanol–water partition coefficient (Wildman–Crippen LogP) is 4.97. The second-order valence-corrected chi connectivity index (χ2v) is 7.36. The van der Waals surface area contributed by atoms with Crippen LogP contribution in [0.25, 0.3) is 0 Å². The molecule has 1 aromatic heterocycles. The van der Waals surface area contributed by atoms with Crippen molar-refractivity contribution in [1.82, 2.24) is 9.88 Å². The Morgan fingerprint density at radius 3 is 2.45 bits per heavy atom. The van der Waals surface area contributed by atoms with Gasteiger partial charge in [0.05, 0.1) is 12.0 Å². The van der Waals surface area contributed by atoms with Gasteiger partial charge in [-0.15, -0.1) is 12.4 Å². The largest absolute Gasteiger partial charge is 0.417 e. The van der Waals surface area contributed by atoms with E-state index >= 15 is 0 Å². The normalized spacial score (nSPS) is 15.8. The van der Waals surface area contributed by atoms with Crippen molar-refractivity contribution in [2.24, 2.45) is 5.92 Å². The Labute approximate surface area is 173 Å². The molecule has 0 aliphatic carbocycles. The number of piperidine rings is 1. The molecule has 3 rings (SSSR count). The SMILES string of the molecule is CN1CCC(Cc2cccc(CC(=O)c3ccc(F)cc3C(F)(F)F)n2)CC1.Cl. The molecule has 2 heterocycles. The number of nitrogens with zero attached hydrogens (tertiary/aromatic N) is 2. The number of aromatic nitrogens is 1. The highest BCUT2D eigenvalue weighted by atomic mass is 35.5. The number of hydrogen-bond acceptors (Lipinski definition) is 3. The fourth-order valence-corrected chi connectivity index (χ4v) is 3.56. The fraction of sp³-hybridized carbons (Fsp3) is 0.429. The second-order valence-electron chi connectivity index (χ2n) is 7.36. The van der Waals surface area contributed by atoms with E-state index in [1.165, 1.54) is 0 Å². The Morgan fingerprint density at radius 2 is 1.79 bits per heavy atom. The molecule has 0 radical (unpaired) electrons. The van der Waals surface area contributed by atoms with E-state index in [4.69, 9.17) is 0 Å². The molecule has 1 aromatic carbocycles. The molecule has 0 N–H and O–H groups in total. The van der Waals surface area contributed by atoms with Crippen LogP contribution in [0.2, 0.25) is 0 Å². The number of hydrogen-bond donors (Lipinski definition) is 0. The van der Waals surface area contributed by atoms with E-state index in [0.717, 1.165) is 50.2 Å². The molecule has 0 saturated carbocycles. The molecule has 1 fully saturated rings. The molecule has 0 unspecified atom stereocenters. The number of alkyl halides is 3. The summed E-state index contributed by atoms with van der Waals surface area (Å²) in [4.78, 5) is 19.2. The van der Waals surface area contributed by atoms with Crippen LogP contribution in [0.15, 0.2) is 36.4 Å². The van der Waals surface area contributed by atoms with Crippen molar-refractivity contribution in [1.29, 1.82) is 0 Å². The van der Waals surface area contributed by atoms with Crippen LogP contribution in [0.1, 0.15) is 40.2 Å². The van der Waals surface area contributed by atoms with Crippen LogP contribution in [0.5, 0.6) is 0 Å². The van der Waals surface area contributed by atoms with E-state index in [9.17, 15) is 22.4 Å². The summed E-state index contributed by atoms with van der Waals surface area (Å²) in [5, 5.41) is 0. The number of pyridine rings is 1. The lowest BCUT2D eigenvalue weighted by molar-refractivity contribution is -0.138. The number of benzene rings is 1. The molecule has 158 valence electrons. The van der Waals surface area contributed by atoms with Gasteiger partial charge in [-0.1, -0.05) is 6.07 Å². The zero-order valence-corrected chi connectivity index (χ0v) is 16.8. The lowest BCUT2D eigenvalue weighted by Gasteiger charge is -2.28. The molecule has 1 saturated heterocycles. The number of rotatable bonds is 5. The van der Waals surface area contributed by atoms with Crippen molar-refractivity contribution >= 4 is 18.2 Å². The lowest BCUT2D eigenvalue weighted by atomic mass is 9.92. The third-order valence-electron chi connectivity index (χ3n) is 5.13. The maximum atomic E-state index is 13.2. The standard InChI is InChI=1S/C21H22F4N2O.ClH/c1-27-9-7-14(8-10-27)11-16-3-2-4-17(26-16)13-20(28)18-6-5-15(22)12-19(18)21(23,24)25;/h2-6,12,14H,7-11,13H2,1H3;1H. The third-order valence-corrected chi connectivity index (χ3v) is 5.13. The number of halogens is 5. The van der Waals surface area contributed by atoms with E-state index in [2.05, 4.69) is 16.9 Å². The van der Waals surface area contributed by atoms with Crippen molar-refractivity contribution in [2.75, 3.05) is 20.1 Å². The fourth-order valence-electron chi connectivity index (χ4n) is 3.56. The summed E-state index contributed by atoms with van der Waals surface area (Å²) in [6, 6.07) is 7.40. The molecular weight excluding hydrogens is 408 g/mol. The maximum absolute atomic E-state index is 13.2. The molecule has 1 aliphatic heterocycles. The smallest absolute Gasteiger partial charge is 0.306 e. The Bertz CT molecular complexity index is 849.